The molecular weight excluding hydrogens is 285 g/mol. The van der Waals surface area contributed by atoms with Crippen LogP contribution < -0.4 is 4.74 Å². The molecule has 0 N–H and O–H groups in total. The number of rotatable bonds is 5. The molecule has 1 aromatic rings. The van der Waals surface area contributed by atoms with Crippen molar-refractivity contribution in [1.29, 1.82) is 0 Å². The topological polar surface area (TPSA) is 42.4 Å². The number of ether oxygens (including phenoxy) is 1. The standard InChI is InChI=1S/C14H15F3N2O2/c1-2-3-6-12(20)19-8-10(9-19)21-13-11(14(15,16)17)5-4-7-18-13/h2,4-5,7,10H,1,3,6,8-9H2. The quantitative estimate of drug-likeness (QED) is 0.785. The molecule has 114 valence electrons. The van der Waals surface area contributed by atoms with E-state index in [4.69, 9.17) is 4.74 Å². The highest BCUT2D eigenvalue weighted by atomic mass is 19.4. The lowest BCUT2D eigenvalue weighted by Gasteiger charge is -2.39. The first-order valence-electron chi connectivity index (χ1n) is 6.49. The molecule has 1 aliphatic rings. The van der Waals surface area contributed by atoms with Gasteiger partial charge in [0.05, 0.1) is 13.1 Å². The van der Waals surface area contributed by atoms with Crippen LogP contribution >= 0.6 is 0 Å². The van der Waals surface area contributed by atoms with Crippen LogP contribution in [0, 0.1) is 0 Å². The Bertz CT molecular complexity index is 525. The molecular formula is C14H15F3N2O2. The molecule has 21 heavy (non-hydrogen) atoms. The fourth-order valence-electron chi connectivity index (χ4n) is 1.96. The molecule has 4 nitrogen and oxygen atoms in total. The van der Waals surface area contributed by atoms with Crippen LogP contribution in [0.3, 0.4) is 0 Å². The van der Waals surface area contributed by atoms with Gasteiger partial charge in [-0.2, -0.15) is 13.2 Å². The first kappa shape index (κ1) is 15.3. The van der Waals surface area contributed by atoms with E-state index in [0.29, 0.717) is 12.8 Å². The predicted octanol–water partition coefficient (Wildman–Crippen LogP) is 2.66. The second kappa shape index (κ2) is 6.15. The molecule has 0 unspecified atom stereocenters. The average molecular weight is 300 g/mol. The molecule has 1 fully saturated rings. The number of halogens is 3. The molecule has 1 saturated heterocycles. The smallest absolute Gasteiger partial charge is 0.421 e. The van der Waals surface area contributed by atoms with Crippen LogP contribution in [-0.4, -0.2) is 35.0 Å². The second-order valence-corrected chi connectivity index (χ2v) is 4.72. The summed E-state index contributed by atoms with van der Waals surface area (Å²) in [7, 11) is 0. The van der Waals surface area contributed by atoms with Crippen LogP contribution in [0.15, 0.2) is 31.0 Å². The molecule has 2 rings (SSSR count). The van der Waals surface area contributed by atoms with E-state index >= 15 is 0 Å². The predicted molar refractivity (Wildman–Crippen MR) is 69.7 cm³/mol. The number of carbonyl (C=O) groups is 1. The zero-order chi connectivity index (χ0) is 15.5. The van der Waals surface area contributed by atoms with Crippen LogP contribution in [0.2, 0.25) is 0 Å². The van der Waals surface area contributed by atoms with E-state index in [9.17, 15) is 18.0 Å². The van der Waals surface area contributed by atoms with Crippen molar-refractivity contribution in [2.24, 2.45) is 0 Å². The van der Waals surface area contributed by atoms with Crippen LogP contribution in [0.1, 0.15) is 18.4 Å². The number of aromatic nitrogens is 1. The van der Waals surface area contributed by atoms with Gasteiger partial charge in [0.25, 0.3) is 0 Å². The molecule has 1 aromatic heterocycles. The lowest BCUT2D eigenvalue weighted by atomic mass is 10.1. The van der Waals surface area contributed by atoms with Gasteiger partial charge in [-0.1, -0.05) is 6.08 Å². The zero-order valence-corrected chi connectivity index (χ0v) is 11.3. The van der Waals surface area contributed by atoms with Gasteiger partial charge in [0.2, 0.25) is 11.8 Å². The summed E-state index contributed by atoms with van der Waals surface area (Å²) in [5, 5.41) is 0. The van der Waals surface area contributed by atoms with Gasteiger partial charge in [-0.3, -0.25) is 4.79 Å². The van der Waals surface area contributed by atoms with Gasteiger partial charge in [-0.15, -0.1) is 6.58 Å². The summed E-state index contributed by atoms with van der Waals surface area (Å²) in [5.41, 5.74) is -0.901. The van der Waals surface area contributed by atoms with Crippen molar-refractivity contribution >= 4 is 5.91 Å². The normalized spacial score (nSPS) is 15.5. The Hall–Kier alpha value is -2.05. The Morgan fingerprint density at radius 1 is 1.52 bits per heavy atom. The van der Waals surface area contributed by atoms with Gasteiger partial charge in [0.15, 0.2) is 0 Å². The maximum absolute atomic E-state index is 12.8. The molecule has 1 aliphatic heterocycles. The molecule has 0 aliphatic carbocycles. The summed E-state index contributed by atoms with van der Waals surface area (Å²) in [4.78, 5) is 16.8. The highest BCUT2D eigenvalue weighted by Crippen LogP contribution is 2.35. The number of nitrogens with zero attached hydrogens (tertiary/aromatic N) is 2. The van der Waals surface area contributed by atoms with E-state index in [1.54, 1.807) is 11.0 Å². The Kier molecular flexibility index (Phi) is 4.50. The molecule has 0 bridgehead atoms. The van der Waals surface area contributed by atoms with E-state index < -0.39 is 23.7 Å². The summed E-state index contributed by atoms with van der Waals surface area (Å²) in [6.45, 7) is 4.09. The number of pyridine rings is 1. The van der Waals surface area contributed by atoms with Crippen molar-refractivity contribution in [3.8, 4) is 5.88 Å². The van der Waals surface area contributed by atoms with Crippen LogP contribution in [0.25, 0.3) is 0 Å². The van der Waals surface area contributed by atoms with E-state index in [1.807, 2.05) is 0 Å². The van der Waals surface area contributed by atoms with Gasteiger partial charge >= 0.3 is 6.18 Å². The Balaban J connectivity index is 1.91. The van der Waals surface area contributed by atoms with Crippen LogP contribution in [-0.2, 0) is 11.0 Å². The van der Waals surface area contributed by atoms with Crippen molar-refractivity contribution in [1.82, 2.24) is 9.88 Å². The van der Waals surface area contributed by atoms with Gasteiger partial charge in [0.1, 0.15) is 11.7 Å². The monoisotopic (exact) mass is 300 g/mol. The maximum Gasteiger partial charge on any atom is 0.421 e. The van der Waals surface area contributed by atoms with E-state index in [0.717, 1.165) is 6.07 Å². The first-order chi connectivity index (χ1) is 9.91. The third kappa shape index (κ3) is 3.74. The number of carbonyl (C=O) groups excluding carboxylic acids is 1. The SMILES string of the molecule is C=CCCC(=O)N1CC(Oc2ncccc2C(F)(F)F)C1. The number of hydrogen-bond acceptors (Lipinski definition) is 3. The van der Waals surface area contributed by atoms with Crippen LogP contribution in [0.5, 0.6) is 5.88 Å². The minimum atomic E-state index is -4.51. The number of amides is 1. The molecule has 0 radical (unpaired) electrons. The van der Waals surface area contributed by atoms with E-state index in [1.165, 1.54) is 12.3 Å². The second-order valence-electron chi connectivity index (χ2n) is 4.72. The zero-order valence-electron chi connectivity index (χ0n) is 11.3. The fourth-order valence-corrected chi connectivity index (χ4v) is 1.96. The largest absolute Gasteiger partial charge is 0.470 e. The minimum Gasteiger partial charge on any atom is -0.470 e. The third-order valence-corrected chi connectivity index (χ3v) is 3.12. The van der Waals surface area contributed by atoms with Crippen LogP contribution in [0.4, 0.5) is 13.2 Å². The average Bonchev–Trinajstić information content (AvgIpc) is 2.39. The van der Waals surface area contributed by atoms with Crippen molar-refractivity contribution in [2.45, 2.75) is 25.1 Å². The summed E-state index contributed by atoms with van der Waals surface area (Å²) in [6, 6.07) is 2.13. The van der Waals surface area contributed by atoms with Gasteiger partial charge < -0.3 is 9.64 Å². The highest BCUT2D eigenvalue weighted by molar-refractivity contribution is 5.77. The van der Waals surface area contributed by atoms with Crippen molar-refractivity contribution in [2.75, 3.05) is 13.1 Å². The van der Waals surface area contributed by atoms with Crippen molar-refractivity contribution in [3.05, 3.63) is 36.5 Å². The van der Waals surface area contributed by atoms with Gasteiger partial charge in [0, 0.05) is 12.6 Å². The molecule has 7 heteroatoms. The van der Waals surface area contributed by atoms with Crippen molar-refractivity contribution < 1.29 is 22.7 Å². The number of alkyl halides is 3. The molecule has 2 heterocycles. The summed E-state index contributed by atoms with van der Waals surface area (Å²) < 4.78 is 43.6. The lowest BCUT2D eigenvalue weighted by molar-refractivity contribution is -0.145. The molecule has 1 amide bonds. The Morgan fingerprint density at radius 3 is 2.86 bits per heavy atom. The van der Waals surface area contributed by atoms with E-state index in [2.05, 4.69) is 11.6 Å². The number of hydrogen-bond donors (Lipinski definition) is 0. The molecule has 0 saturated carbocycles. The first-order valence-corrected chi connectivity index (χ1v) is 6.49. The van der Waals surface area contributed by atoms with Crippen molar-refractivity contribution in [3.63, 3.8) is 0 Å². The summed E-state index contributed by atoms with van der Waals surface area (Å²) >= 11 is 0. The number of likely N-dealkylation sites (tertiary alicyclic amines) is 1. The van der Waals surface area contributed by atoms with E-state index in [-0.39, 0.29) is 19.0 Å². The Morgan fingerprint density at radius 2 is 2.24 bits per heavy atom. The summed E-state index contributed by atoms with van der Waals surface area (Å²) in [6.07, 6.45) is -1.13. The van der Waals surface area contributed by atoms with Gasteiger partial charge in [-0.25, -0.2) is 4.98 Å². The molecule has 0 aromatic carbocycles. The lowest BCUT2D eigenvalue weighted by Crippen LogP contribution is -2.56. The molecule has 0 spiro atoms. The fraction of sp³-hybridized carbons (Fsp3) is 0.429. The minimum absolute atomic E-state index is 0.0492. The Labute approximate surface area is 120 Å². The highest BCUT2D eigenvalue weighted by Gasteiger charge is 2.38. The summed E-state index contributed by atoms with van der Waals surface area (Å²) in [5.74, 6) is -0.486. The number of allylic oxidation sites excluding steroid dienone is 1. The maximum atomic E-state index is 12.8. The third-order valence-electron chi connectivity index (χ3n) is 3.12. The molecule has 0 atom stereocenters. The van der Waals surface area contributed by atoms with Gasteiger partial charge in [-0.05, 0) is 18.6 Å².